The van der Waals surface area contributed by atoms with E-state index in [1.165, 1.54) is 11.1 Å². The van der Waals surface area contributed by atoms with E-state index in [1.54, 1.807) is 0 Å². The van der Waals surface area contributed by atoms with Crippen LogP contribution in [0.5, 0.6) is 0 Å². The molecule has 0 fully saturated rings. The summed E-state index contributed by atoms with van der Waals surface area (Å²) >= 11 is 0. The number of aryl methyl sites for hydroxylation is 1. The highest BCUT2D eigenvalue weighted by Crippen LogP contribution is 2.32. The van der Waals surface area contributed by atoms with Gasteiger partial charge in [-0.1, -0.05) is 24.3 Å². The Hall–Kier alpha value is -1.72. The Morgan fingerprint density at radius 2 is 2.10 bits per heavy atom. The molecule has 5 nitrogen and oxygen atoms in total. The van der Waals surface area contributed by atoms with Crippen molar-refractivity contribution in [1.82, 2.24) is 19.7 Å². The molecule has 20 heavy (non-hydrogen) atoms. The molecule has 2 atom stereocenters. The van der Waals surface area contributed by atoms with Gasteiger partial charge in [-0.05, 0) is 24.0 Å². The van der Waals surface area contributed by atoms with Crippen LogP contribution < -0.4 is 5.73 Å². The number of rotatable bonds is 1. The average Bonchev–Trinajstić information content (AvgIpc) is 2.95. The van der Waals surface area contributed by atoms with Crippen molar-refractivity contribution in [2.45, 2.75) is 38.0 Å². The number of fused-ring (bicyclic) bond motifs is 2. The number of benzene rings is 1. The zero-order chi connectivity index (χ0) is 13.5. The number of hydrogen-bond acceptors (Lipinski definition) is 4. The van der Waals surface area contributed by atoms with Crippen LogP contribution in [-0.2, 0) is 19.5 Å². The molecular weight excluding hydrogens is 250 g/mol. The van der Waals surface area contributed by atoms with Gasteiger partial charge in [-0.15, -0.1) is 10.2 Å². The number of hydrogen-bond donors (Lipinski definition) is 1. The Balaban J connectivity index is 1.59. The summed E-state index contributed by atoms with van der Waals surface area (Å²) in [6, 6.07) is 9.10. The van der Waals surface area contributed by atoms with Crippen LogP contribution in [0.4, 0.5) is 0 Å². The molecule has 0 amide bonds. The lowest BCUT2D eigenvalue weighted by molar-refractivity contribution is 0.119. The van der Waals surface area contributed by atoms with Crippen LogP contribution in [0.15, 0.2) is 30.6 Å². The first-order valence-corrected chi connectivity index (χ1v) is 7.27. The maximum absolute atomic E-state index is 6.53. The first-order chi connectivity index (χ1) is 9.83. The van der Waals surface area contributed by atoms with Crippen molar-refractivity contribution in [3.8, 4) is 0 Å². The van der Waals surface area contributed by atoms with Gasteiger partial charge >= 0.3 is 0 Å². The summed E-state index contributed by atoms with van der Waals surface area (Å²) in [6.07, 6.45) is 4.08. The molecule has 1 aliphatic heterocycles. The predicted octanol–water partition coefficient (Wildman–Crippen LogP) is 1.11. The first-order valence-electron chi connectivity index (χ1n) is 7.27. The van der Waals surface area contributed by atoms with E-state index in [4.69, 9.17) is 5.73 Å². The molecule has 0 saturated carbocycles. The molecule has 0 radical (unpaired) electrons. The van der Waals surface area contributed by atoms with Gasteiger partial charge in [0.2, 0.25) is 0 Å². The number of nitrogens with two attached hydrogens (primary N) is 1. The van der Waals surface area contributed by atoms with Crippen LogP contribution in [-0.4, -0.2) is 32.3 Å². The van der Waals surface area contributed by atoms with Gasteiger partial charge in [0, 0.05) is 25.2 Å². The molecular formula is C15H19N5. The van der Waals surface area contributed by atoms with Crippen molar-refractivity contribution in [2.75, 3.05) is 6.54 Å². The minimum absolute atomic E-state index is 0.106. The zero-order valence-corrected chi connectivity index (χ0v) is 11.4. The third-order valence-electron chi connectivity index (χ3n) is 4.68. The smallest absolute Gasteiger partial charge is 0.147 e. The van der Waals surface area contributed by atoms with E-state index in [0.29, 0.717) is 6.04 Å². The van der Waals surface area contributed by atoms with Crippen LogP contribution in [0.3, 0.4) is 0 Å². The van der Waals surface area contributed by atoms with Crippen LogP contribution in [0.1, 0.15) is 29.4 Å². The first kappa shape index (κ1) is 12.1. The highest BCUT2D eigenvalue weighted by atomic mass is 15.3. The summed E-state index contributed by atoms with van der Waals surface area (Å²) in [4.78, 5) is 2.48. The van der Waals surface area contributed by atoms with Crippen molar-refractivity contribution in [3.05, 3.63) is 47.5 Å². The van der Waals surface area contributed by atoms with Crippen molar-refractivity contribution in [1.29, 1.82) is 0 Å². The average molecular weight is 269 g/mol. The van der Waals surface area contributed by atoms with E-state index >= 15 is 0 Å². The van der Waals surface area contributed by atoms with Crippen LogP contribution in [0.2, 0.25) is 0 Å². The van der Waals surface area contributed by atoms with E-state index in [0.717, 1.165) is 38.3 Å². The second-order valence-electron chi connectivity index (χ2n) is 5.74. The lowest BCUT2D eigenvalue weighted by atomic mass is 9.83. The normalized spacial score (nSPS) is 26.1. The summed E-state index contributed by atoms with van der Waals surface area (Å²) < 4.78 is 2.14. The highest BCUT2D eigenvalue weighted by Gasteiger charge is 2.33. The molecule has 5 heteroatoms. The Labute approximate surface area is 118 Å². The van der Waals surface area contributed by atoms with E-state index in [9.17, 15) is 0 Å². The third kappa shape index (κ3) is 1.85. The Kier molecular flexibility index (Phi) is 2.82. The summed E-state index contributed by atoms with van der Waals surface area (Å²) in [6.45, 7) is 2.86. The second-order valence-corrected chi connectivity index (χ2v) is 5.74. The fourth-order valence-electron chi connectivity index (χ4n) is 3.56. The standard InChI is InChI=1S/C15H19N5/c16-15-12-4-2-1-3-11(12)5-6-13(15)19-7-8-20-10-17-18-14(20)9-19/h1-4,10,13,15H,5-9,16H2. The van der Waals surface area contributed by atoms with E-state index in [1.807, 2.05) is 6.33 Å². The minimum atomic E-state index is 0.106. The Morgan fingerprint density at radius 1 is 1.20 bits per heavy atom. The van der Waals surface area contributed by atoms with Gasteiger partial charge in [-0.25, -0.2) is 0 Å². The van der Waals surface area contributed by atoms with Crippen LogP contribution >= 0.6 is 0 Å². The van der Waals surface area contributed by atoms with Gasteiger partial charge in [0.25, 0.3) is 0 Å². The van der Waals surface area contributed by atoms with Gasteiger partial charge in [0.1, 0.15) is 12.2 Å². The highest BCUT2D eigenvalue weighted by molar-refractivity contribution is 5.33. The van der Waals surface area contributed by atoms with Crippen LogP contribution in [0, 0.1) is 0 Å². The van der Waals surface area contributed by atoms with Gasteiger partial charge in [-0.2, -0.15) is 0 Å². The molecule has 1 aromatic carbocycles. The molecule has 0 saturated heterocycles. The maximum Gasteiger partial charge on any atom is 0.147 e. The molecule has 4 rings (SSSR count). The lowest BCUT2D eigenvalue weighted by Crippen LogP contribution is -2.48. The molecule has 2 aromatic rings. The summed E-state index contributed by atoms with van der Waals surface area (Å²) in [7, 11) is 0. The second kappa shape index (κ2) is 4.68. The SMILES string of the molecule is NC1c2ccccc2CCC1N1CCn2cnnc2C1. The lowest BCUT2D eigenvalue weighted by Gasteiger charge is -2.40. The minimum Gasteiger partial charge on any atom is -0.323 e. The van der Waals surface area contributed by atoms with Crippen molar-refractivity contribution in [3.63, 3.8) is 0 Å². The molecule has 0 bridgehead atoms. The third-order valence-corrected chi connectivity index (χ3v) is 4.68. The Bertz CT molecular complexity index is 620. The quantitative estimate of drug-likeness (QED) is 0.842. The van der Waals surface area contributed by atoms with Crippen molar-refractivity contribution in [2.24, 2.45) is 5.73 Å². The zero-order valence-electron chi connectivity index (χ0n) is 11.4. The van der Waals surface area contributed by atoms with E-state index < -0.39 is 0 Å². The van der Waals surface area contributed by atoms with E-state index in [2.05, 4.69) is 43.9 Å². The summed E-state index contributed by atoms with van der Waals surface area (Å²) in [5.74, 6) is 1.06. The van der Waals surface area contributed by atoms with E-state index in [-0.39, 0.29) is 6.04 Å². The predicted molar refractivity (Wildman–Crippen MR) is 75.9 cm³/mol. The molecule has 0 spiro atoms. The molecule has 2 heterocycles. The molecule has 2 unspecified atom stereocenters. The van der Waals surface area contributed by atoms with Crippen LogP contribution in [0.25, 0.3) is 0 Å². The largest absolute Gasteiger partial charge is 0.323 e. The number of aromatic nitrogens is 3. The monoisotopic (exact) mass is 269 g/mol. The fraction of sp³-hybridized carbons (Fsp3) is 0.467. The maximum atomic E-state index is 6.53. The van der Waals surface area contributed by atoms with Gasteiger partial charge in [0.05, 0.1) is 6.54 Å². The van der Waals surface area contributed by atoms with Gasteiger partial charge in [-0.3, -0.25) is 4.90 Å². The van der Waals surface area contributed by atoms with Crippen molar-refractivity contribution >= 4 is 0 Å². The number of nitrogens with zero attached hydrogens (tertiary/aromatic N) is 4. The topological polar surface area (TPSA) is 60.0 Å². The van der Waals surface area contributed by atoms with Crippen molar-refractivity contribution < 1.29 is 0 Å². The van der Waals surface area contributed by atoms with Gasteiger partial charge < -0.3 is 10.3 Å². The molecule has 104 valence electrons. The molecule has 1 aromatic heterocycles. The molecule has 2 N–H and O–H groups in total. The molecule has 2 aliphatic rings. The van der Waals surface area contributed by atoms with Gasteiger partial charge in [0.15, 0.2) is 0 Å². The summed E-state index contributed by atoms with van der Waals surface area (Å²) in [5.41, 5.74) is 9.26. The molecule has 1 aliphatic carbocycles. The Morgan fingerprint density at radius 3 is 3.05 bits per heavy atom. The summed E-state index contributed by atoms with van der Waals surface area (Å²) in [5, 5.41) is 8.20. The fourth-order valence-corrected chi connectivity index (χ4v) is 3.56.